The standard InChI is InChI=1S/C16H24OS/c1-16(2,3)12-7-6-8-13(11-12)18-15-10-5-4-9-14(15)17/h6-8,11,14-15,17H,4-5,9-10H2,1-3H3. The lowest BCUT2D eigenvalue weighted by Crippen LogP contribution is -2.26. The van der Waals surface area contributed by atoms with Crippen molar-refractivity contribution in [1.29, 1.82) is 0 Å². The minimum absolute atomic E-state index is 0.123. The third-order valence-electron chi connectivity index (χ3n) is 3.66. The Bertz CT molecular complexity index is 394. The maximum atomic E-state index is 10.0. The molecule has 1 aromatic carbocycles. The monoisotopic (exact) mass is 264 g/mol. The van der Waals surface area contributed by atoms with E-state index in [9.17, 15) is 5.11 Å². The summed E-state index contributed by atoms with van der Waals surface area (Å²) < 4.78 is 0. The van der Waals surface area contributed by atoms with Crippen molar-refractivity contribution in [2.45, 2.75) is 68.1 Å². The molecule has 0 spiro atoms. The Hall–Kier alpha value is -0.470. The third-order valence-corrected chi connectivity index (χ3v) is 5.03. The van der Waals surface area contributed by atoms with Crippen LogP contribution in [0.15, 0.2) is 29.2 Å². The number of thioether (sulfide) groups is 1. The summed E-state index contributed by atoms with van der Waals surface area (Å²) in [5.74, 6) is 0. The second-order valence-electron chi connectivity index (χ2n) is 6.29. The maximum absolute atomic E-state index is 10.0. The molecule has 1 aromatic rings. The molecule has 0 bridgehead atoms. The van der Waals surface area contributed by atoms with E-state index in [1.54, 1.807) is 0 Å². The average Bonchev–Trinajstić information content (AvgIpc) is 2.31. The van der Waals surface area contributed by atoms with Gasteiger partial charge in [-0.3, -0.25) is 0 Å². The van der Waals surface area contributed by atoms with Crippen LogP contribution < -0.4 is 0 Å². The molecule has 0 amide bonds. The van der Waals surface area contributed by atoms with E-state index < -0.39 is 0 Å². The average molecular weight is 264 g/mol. The van der Waals surface area contributed by atoms with Crippen LogP contribution in [0.4, 0.5) is 0 Å². The van der Waals surface area contributed by atoms with Crippen LogP contribution in [0.5, 0.6) is 0 Å². The van der Waals surface area contributed by atoms with E-state index in [1.807, 2.05) is 11.8 Å². The lowest BCUT2D eigenvalue weighted by Gasteiger charge is -2.27. The number of aliphatic hydroxyl groups excluding tert-OH is 1. The molecule has 100 valence electrons. The minimum Gasteiger partial charge on any atom is -0.392 e. The molecule has 1 aliphatic carbocycles. The van der Waals surface area contributed by atoms with Crippen molar-refractivity contribution in [2.75, 3.05) is 0 Å². The minimum atomic E-state index is -0.123. The molecule has 1 N–H and O–H groups in total. The van der Waals surface area contributed by atoms with Crippen molar-refractivity contribution in [3.05, 3.63) is 29.8 Å². The summed E-state index contributed by atoms with van der Waals surface area (Å²) in [5.41, 5.74) is 1.57. The first-order valence-corrected chi connectivity index (χ1v) is 7.80. The molecule has 2 atom stereocenters. The Labute approximate surface area is 115 Å². The zero-order chi connectivity index (χ0) is 13.2. The van der Waals surface area contributed by atoms with Gasteiger partial charge < -0.3 is 5.11 Å². The van der Waals surface area contributed by atoms with Gasteiger partial charge in [0.2, 0.25) is 0 Å². The predicted molar refractivity (Wildman–Crippen MR) is 79.3 cm³/mol. The van der Waals surface area contributed by atoms with Crippen LogP contribution in [0.3, 0.4) is 0 Å². The van der Waals surface area contributed by atoms with Gasteiger partial charge in [0.15, 0.2) is 0 Å². The molecule has 0 saturated heterocycles. The molecule has 18 heavy (non-hydrogen) atoms. The summed E-state index contributed by atoms with van der Waals surface area (Å²) in [5, 5.41) is 10.4. The number of rotatable bonds is 2. The molecule has 2 heteroatoms. The van der Waals surface area contributed by atoms with Crippen molar-refractivity contribution in [3.63, 3.8) is 0 Å². The topological polar surface area (TPSA) is 20.2 Å². The summed E-state index contributed by atoms with van der Waals surface area (Å²) in [6, 6.07) is 8.78. The predicted octanol–water partition coefficient (Wildman–Crippen LogP) is 4.38. The Morgan fingerprint density at radius 2 is 1.89 bits per heavy atom. The molecule has 0 heterocycles. The molecule has 0 aromatic heterocycles. The summed E-state index contributed by atoms with van der Waals surface area (Å²) in [6.07, 6.45) is 4.43. The van der Waals surface area contributed by atoms with Crippen LogP contribution in [-0.4, -0.2) is 16.5 Å². The van der Waals surface area contributed by atoms with Gasteiger partial charge in [0.05, 0.1) is 6.10 Å². The normalized spacial score (nSPS) is 25.1. The zero-order valence-electron chi connectivity index (χ0n) is 11.6. The summed E-state index contributed by atoms with van der Waals surface area (Å²) in [4.78, 5) is 1.30. The van der Waals surface area contributed by atoms with E-state index >= 15 is 0 Å². The SMILES string of the molecule is CC(C)(C)c1cccc(SC2CCCCC2O)c1. The first kappa shape index (κ1) is 14.0. The molecule has 0 radical (unpaired) electrons. The van der Waals surface area contributed by atoms with Crippen molar-refractivity contribution in [1.82, 2.24) is 0 Å². The maximum Gasteiger partial charge on any atom is 0.0662 e. The Morgan fingerprint density at radius 3 is 2.56 bits per heavy atom. The van der Waals surface area contributed by atoms with Gasteiger partial charge in [-0.15, -0.1) is 11.8 Å². The highest BCUT2D eigenvalue weighted by Crippen LogP contribution is 2.35. The second-order valence-corrected chi connectivity index (χ2v) is 7.60. The second kappa shape index (κ2) is 5.66. The van der Waals surface area contributed by atoms with Gasteiger partial charge in [-0.2, -0.15) is 0 Å². The summed E-state index contributed by atoms with van der Waals surface area (Å²) >= 11 is 1.85. The van der Waals surface area contributed by atoms with Crippen LogP contribution in [0.25, 0.3) is 0 Å². The third kappa shape index (κ3) is 3.52. The van der Waals surface area contributed by atoms with Gasteiger partial charge in [0, 0.05) is 10.1 Å². The lowest BCUT2D eigenvalue weighted by atomic mass is 9.87. The van der Waals surface area contributed by atoms with Crippen molar-refractivity contribution >= 4 is 11.8 Å². The van der Waals surface area contributed by atoms with Crippen molar-refractivity contribution in [2.24, 2.45) is 0 Å². The molecule has 2 unspecified atom stereocenters. The molecule has 0 aliphatic heterocycles. The van der Waals surface area contributed by atoms with Crippen LogP contribution in [0.2, 0.25) is 0 Å². The molecule has 1 saturated carbocycles. The fourth-order valence-electron chi connectivity index (χ4n) is 2.43. The van der Waals surface area contributed by atoms with Gasteiger partial charge in [0.1, 0.15) is 0 Å². The van der Waals surface area contributed by atoms with Gasteiger partial charge >= 0.3 is 0 Å². The van der Waals surface area contributed by atoms with E-state index in [4.69, 9.17) is 0 Å². The molecular formula is C16H24OS. The van der Waals surface area contributed by atoms with E-state index in [1.165, 1.54) is 23.3 Å². The fraction of sp³-hybridized carbons (Fsp3) is 0.625. The van der Waals surface area contributed by atoms with Gasteiger partial charge in [-0.1, -0.05) is 45.7 Å². The molecule has 1 aliphatic rings. The quantitative estimate of drug-likeness (QED) is 0.855. The number of aliphatic hydroxyl groups is 1. The lowest BCUT2D eigenvalue weighted by molar-refractivity contribution is 0.137. The first-order valence-electron chi connectivity index (χ1n) is 6.92. The Kier molecular flexibility index (Phi) is 4.39. The summed E-state index contributed by atoms with van der Waals surface area (Å²) in [7, 11) is 0. The van der Waals surface area contributed by atoms with Gasteiger partial charge in [-0.25, -0.2) is 0 Å². The fourth-order valence-corrected chi connectivity index (χ4v) is 3.70. The van der Waals surface area contributed by atoms with Crippen LogP contribution in [0.1, 0.15) is 52.0 Å². The number of benzene rings is 1. The van der Waals surface area contributed by atoms with Gasteiger partial charge in [0.25, 0.3) is 0 Å². The van der Waals surface area contributed by atoms with Gasteiger partial charge in [-0.05, 0) is 36.0 Å². The van der Waals surface area contributed by atoms with E-state index in [2.05, 4.69) is 45.0 Å². The highest BCUT2D eigenvalue weighted by Gasteiger charge is 2.24. The van der Waals surface area contributed by atoms with Crippen LogP contribution in [-0.2, 0) is 5.41 Å². The largest absolute Gasteiger partial charge is 0.392 e. The zero-order valence-corrected chi connectivity index (χ0v) is 12.5. The van der Waals surface area contributed by atoms with E-state index in [-0.39, 0.29) is 11.5 Å². The Balaban J connectivity index is 2.09. The highest BCUT2D eigenvalue weighted by molar-refractivity contribution is 8.00. The highest BCUT2D eigenvalue weighted by atomic mass is 32.2. The molecule has 1 nitrogen and oxygen atoms in total. The van der Waals surface area contributed by atoms with Crippen molar-refractivity contribution < 1.29 is 5.11 Å². The molecular weight excluding hydrogens is 240 g/mol. The number of hydrogen-bond acceptors (Lipinski definition) is 2. The summed E-state index contributed by atoms with van der Waals surface area (Å²) in [6.45, 7) is 6.73. The molecule has 1 fully saturated rings. The smallest absolute Gasteiger partial charge is 0.0662 e. The van der Waals surface area contributed by atoms with Crippen LogP contribution in [0, 0.1) is 0 Å². The molecule has 2 rings (SSSR count). The first-order chi connectivity index (χ1) is 8.47. The van der Waals surface area contributed by atoms with E-state index in [0.717, 1.165) is 12.8 Å². The number of hydrogen-bond donors (Lipinski definition) is 1. The van der Waals surface area contributed by atoms with E-state index in [0.29, 0.717) is 5.25 Å². The van der Waals surface area contributed by atoms with Crippen molar-refractivity contribution in [3.8, 4) is 0 Å². The van der Waals surface area contributed by atoms with Crippen LogP contribution >= 0.6 is 11.8 Å². The Morgan fingerprint density at radius 1 is 1.17 bits per heavy atom.